The Morgan fingerprint density at radius 2 is 1.84 bits per heavy atom. The second-order valence-electron chi connectivity index (χ2n) is 5.57. The van der Waals surface area contributed by atoms with E-state index < -0.39 is 5.97 Å². The molecule has 110 valence electrons. The number of rotatable bonds is 6. The van der Waals surface area contributed by atoms with Gasteiger partial charge in [-0.15, -0.1) is 0 Å². The minimum atomic E-state index is -0.835. The highest BCUT2D eigenvalue weighted by Gasteiger charge is 2.27. The summed E-state index contributed by atoms with van der Waals surface area (Å²) in [6, 6.07) is 0. The number of likely N-dealkylation sites (tertiary alicyclic amines) is 1. The molecule has 0 aliphatic carbocycles. The van der Waals surface area contributed by atoms with Crippen molar-refractivity contribution in [1.29, 1.82) is 0 Å². The van der Waals surface area contributed by atoms with Crippen molar-refractivity contribution in [3.63, 3.8) is 0 Å². The lowest BCUT2D eigenvalue weighted by atomic mass is 9.95. The second kappa shape index (κ2) is 7.48. The average Bonchev–Trinajstić information content (AvgIpc) is 2.37. The number of piperidine rings is 1. The quantitative estimate of drug-likeness (QED) is 0.799. The fraction of sp³-hybridized carbons (Fsp3) is 0.857. The lowest BCUT2D eigenvalue weighted by Gasteiger charge is -2.34. The number of amides is 1. The minimum Gasteiger partial charge on any atom is -0.481 e. The third-order valence-corrected chi connectivity index (χ3v) is 3.81. The smallest absolute Gasteiger partial charge is 0.305 e. The maximum atomic E-state index is 12.2. The molecular formula is C14H25NO4. The van der Waals surface area contributed by atoms with Crippen LogP contribution in [-0.4, -0.2) is 47.7 Å². The Kier molecular flexibility index (Phi) is 6.28. The summed E-state index contributed by atoms with van der Waals surface area (Å²) in [7, 11) is 0. The SMILES string of the molecule is CC(C)C(C)C(=O)N1CCC(OCCC(=O)O)CC1. The number of carbonyl (C=O) groups excluding carboxylic acids is 1. The van der Waals surface area contributed by atoms with E-state index >= 15 is 0 Å². The van der Waals surface area contributed by atoms with Gasteiger partial charge in [0.15, 0.2) is 0 Å². The third-order valence-electron chi connectivity index (χ3n) is 3.81. The monoisotopic (exact) mass is 271 g/mol. The fourth-order valence-corrected chi connectivity index (χ4v) is 2.13. The molecule has 5 nitrogen and oxygen atoms in total. The van der Waals surface area contributed by atoms with Gasteiger partial charge in [-0.1, -0.05) is 20.8 Å². The summed E-state index contributed by atoms with van der Waals surface area (Å²) in [6.07, 6.45) is 1.74. The topological polar surface area (TPSA) is 66.8 Å². The molecule has 0 aromatic heterocycles. The maximum Gasteiger partial charge on any atom is 0.305 e. The van der Waals surface area contributed by atoms with Gasteiger partial charge in [-0.25, -0.2) is 0 Å². The van der Waals surface area contributed by atoms with E-state index in [-0.39, 0.29) is 31.0 Å². The Balaban J connectivity index is 2.28. The van der Waals surface area contributed by atoms with Crippen molar-refractivity contribution >= 4 is 11.9 Å². The van der Waals surface area contributed by atoms with Crippen molar-refractivity contribution in [2.24, 2.45) is 11.8 Å². The molecular weight excluding hydrogens is 246 g/mol. The van der Waals surface area contributed by atoms with Crippen LogP contribution >= 0.6 is 0 Å². The van der Waals surface area contributed by atoms with E-state index in [1.165, 1.54) is 0 Å². The molecule has 0 bridgehead atoms. The summed E-state index contributed by atoms with van der Waals surface area (Å²) in [6.45, 7) is 7.79. The molecule has 1 fully saturated rings. The van der Waals surface area contributed by atoms with Crippen LogP contribution in [0.2, 0.25) is 0 Å². The molecule has 1 heterocycles. The zero-order chi connectivity index (χ0) is 14.4. The molecule has 1 unspecified atom stereocenters. The van der Waals surface area contributed by atoms with E-state index in [2.05, 4.69) is 13.8 Å². The van der Waals surface area contributed by atoms with E-state index in [4.69, 9.17) is 9.84 Å². The van der Waals surface area contributed by atoms with E-state index in [9.17, 15) is 9.59 Å². The molecule has 1 amide bonds. The predicted octanol–water partition coefficient (Wildman–Crippen LogP) is 1.76. The van der Waals surface area contributed by atoms with E-state index in [0.29, 0.717) is 19.0 Å². The van der Waals surface area contributed by atoms with Gasteiger partial charge in [0.05, 0.1) is 19.1 Å². The molecule has 0 aromatic rings. The van der Waals surface area contributed by atoms with Gasteiger partial charge in [0.1, 0.15) is 0 Å². The first-order valence-corrected chi connectivity index (χ1v) is 7.04. The van der Waals surface area contributed by atoms with Crippen LogP contribution in [0.25, 0.3) is 0 Å². The molecule has 1 rings (SSSR count). The number of carboxylic acid groups (broad SMARTS) is 1. The molecule has 1 N–H and O–H groups in total. The standard InChI is InChI=1S/C14H25NO4/c1-10(2)11(3)14(18)15-7-4-12(5-8-15)19-9-6-13(16)17/h10-12H,4-9H2,1-3H3,(H,16,17). The predicted molar refractivity (Wildman–Crippen MR) is 71.8 cm³/mol. The van der Waals surface area contributed by atoms with Gasteiger partial charge in [-0.05, 0) is 18.8 Å². The van der Waals surface area contributed by atoms with Crippen LogP contribution in [0.3, 0.4) is 0 Å². The van der Waals surface area contributed by atoms with Crippen LogP contribution < -0.4 is 0 Å². The zero-order valence-corrected chi connectivity index (χ0v) is 12.1. The number of carbonyl (C=O) groups is 2. The van der Waals surface area contributed by atoms with Gasteiger partial charge in [0.2, 0.25) is 5.91 Å². The molecule has 1 aliphatic rings. The number of nitrogens with zero attached hydrogens (tertiary/aromatic N) is 1. The number of aliphatic carboxylic acids is 1. The maximum absolute atomic E-state index is 12.2. The lowest BCUT2D eigenvalue weighted by molar-refractivity contribution is -0.140. The van der Waals surface area contributed by atoms with Crippen molar-refractivity contribution in [3.05, 3.63) is 0 Å². The molecule has 5 heteroatoms. The Labute approximate surface area is 114 Å². The van der Waals surface area contributed by atoms with Crippen molar-refractivity contribution in [3.8, 4) is 0 Å². The summed E-state index contributed by atoms with van der Waals surface area (Å²) < 4.78 is 5.51. The molecule has 0 saturated carbocycles. The van der Waals surface area contributed by atoms with E-state index in [0.717, 1.165) is 12.8 Å². The molecule has 1 saturated heterocycles. The normalized spacial score (nSPS) is 18.6. The van der Waals surface area contributed by atoms with E-state index in [1.54, 1.807) is 0 Å². The zero-order valence-electron chi connectivity index (χ0n) is 12.1. The number of ether oxygens (including phenoxy) is 1. The third kappa shape index (κ3) is 5.19. The van der Waals surface area contributed by atoms with Crippen LogP contribution in [-0.2, 0) is 14.3 Å². The van der Waals surface area contributed by atoms with Gasteiger partial charge in [-0.2, -0.15) is 0 Å². The molecule has 0 aromatic carbocycles. The second-order valence-corrected chi connectivity index (χ2v) is 5.57. The van der Waals surface area contributed by atoms with Crippen LogP contribution in [0.4, 0.5) is 0 Å². The highest BCUT2D eigenvalue weighted by Crippen LogP contribution is 2.19. The summed E-state index contributed by atoms with van der Waals surface area (Å²) in [4.78, 5) is 24.4. The highest BCUT2D eigenvalue weighted by atomic mass is 16.5. The first-order valence-electron chi connectivity index (χ1n) is 7.04. The Hall–Kier alpha value is -1.10. The summed E-state index contributed by atoms with van der Waals surface area (Å²) >= 11 is 0. The Bertz CT molecular complexity index is 309. The first-order chi connectivity index (χ1) is 8.91. The summed E-state index contributed by atoms with van der Waals surface area (Å²) in [5.74, 6) is -0.195. The lowest BCUT2D eigenvalue weighted by Crippen LogP contribution is -2.44. The largest absolute Gasteiger partial charge is 0.481 e. The molecule has 1 atom stereocenters. The van der Waals surface area contributed by atoms with Crippen LogP contribution in [0, 0.1) is 11.8 Å². The molecule has 1 aliphatic heterocycles. The van der Waals surface area contributed by atoms with Crippen LogP contribution in [0.15, 0.2) is 0 Å². The number of hydrogen-bond donors (Lipinski definition) is 1. The first kappa shape index (κ1) is 16.0. The molecule has 19 heavy (non-hydrogen) atoms. The number of carboxylic acids is 1. The van der Waals surface area contributed by atoms with Gasteiger partial charge in [-0.3, -0.25) is 9.59 Å². The molecule has 0 spiro atoms. The van der Waals surface area contributed by atoms with Crippen molar-refractivity contribution in [1.82, 2.24) is 4.90 Å². The summed E-state index contributed by atoms with van der Waals surface area (Å²) in [5, 5.41) is 8.54. The Morgan fingerprint density at radius 3 is 2.32 bits per heavy atom. The minimum absolute atomic E-state index is 0.0452. The van der Waals surface area contributed by atoms with Crippen molar-refractivity contribution in [2.45, 2.75) is 46.1 Å². The van der Waals surface area contributed by atoms with E-state index in [1.807, 2.05) is 11.8 Å². The van der Waals surface area contributed by atoms with Crippen LogP contribution in [0.1, 0.15) is 40.0 Å². The highest BCUT2D eigenvalue weighted by molar-refractivity contribution is 5.78. The van der Waals surface area contributed by atoms with Crippen molar-refractivity contribution in [2.75, 3.05) is 19.7 Å². The van der Waals surface area contributed by atoms with Crippen molar-refractivity contribution < 1.29 is 19.4 Å². The fourth-order valence-electron chi connectivity index (χ4n) is 2.13. The average molecular weight is 271 g/mol. The van der Waals surface area contributed by atoms with Gasteiger partial charge in [0, 0.05) is 19.0 Å². The van der Waals surface area contributed by atoms with Gasteiger partial charge >= 0.3 is 5.97 Å². The van der Waals surface area contributed by atoms with Gasteiger partial charge in [0.25, 0.3) is 0 Å². The number of hydrogen-bond acceptors (Lipinski definition) is 3. The Morgan fingerprint density at radius 1 is 1.26 bits per heavy atom. The molecule has 0 radical (unpaired) electrons. The van der Waals surface area contributed by atoms with Gasteiger partial charge < -0.3 is 14.7 Å². The van der Waals surface area contributed by atoms with Crippen LogP contribution in [0.5, 0.6) is 0 Å². The summed E-state index contributed by atoms with van der Waals surface area (Å²) in [5.41, 5.74) is 0.